The first kappa shape index (κ1) is 19.2. The summed E-state index contributed by atoms with van der Waals surface area (Å²) in [4.78, 5) is 17.3. The van der Waals surface area contributed by atoms with E-state index in [1.165, 1.54) is 0 Å². The van der Waals surface area contributed by atoms with Gasteiger partial charge in [0.05, 0.1) is 16.9 Å². The number of amides is 1. The predicted octanol–water partition coefficient (Wildman–Crippen LogP) is 2.00. The molecule has 2 aliphatic rings. The minimum Gasteiger partial charge on any atom is -0.340 e. The van der Waals surface area contributed by atoms with Crippen molar-refractivity contribution in [3.05, 3.63) is 71.8 Å². The van der Waals surface area contributed by atoms with Gasteiger partial charge in [0.2, 0.25) is 5.91 Å². The lowest BCUT2D eigenvalue weighted by Gasteiger charge is -2.27. The van der Waals surface area contributed by atoms with Gasteiger partial charge in [0.25, 0.3) is 0 Å². The van der Waals surface area contributed by atoms with Crippen LogP contribution in [0, 0.1) is 5.92 Å². The average Bonchev–Trinajstić information content (AvgIpc) is 3.23. The minimum absolute atomic E-state index is 0.0143. The molecule has 0 N–H and O–H groups in total. The number of nitrogens with zero attached hydrogens (tertiary/aromatic N) is 2. The highest BCUT2D eigenvalue weighted by Gasteiger charge is 2.54. The molecule has 148 valence electrons. The summed E-state index contributed by atoms with van der Waals surface area (Å²) in [6.45, 7) is 0.800. The highest BCUT2D eigenvalue weighted by molar-refractivity contribution is 7.92. The van der Waals surface area contributed by atoms with Crippen molar-refractivity contribution in [1.82, 2.24) is 9.80 Å². The molecule has 0 bridgehead atoms. The maximum Gasteiger partial charge on any atom is 0.234 e. The van der Waals surface area contributed by atoms with Crippen molar-refractivity contribution in [2.24, 2.45) is 5.92 Å². The fourth-order valence-corrected chi connectivity index (χ4v) is 7.17. The molecule has 2 aliphatic heterocycles. The Bertz CT molecular complexity index is 905. The Kier molecular flexibility index (Phi) is 5.02. The van der Waals surface area contributed by atoms with Gasteiger partial charge in [0.1, 0.15) is 0 Å². The van der Waals surface area contributed by atoms with E-state index in [-0.39, 0.29) is 23.6 Å². The SMILES string of the molecule is CN(C)[C@@H]1CS(=O)(=O)[C@H]2CN(C(=O)C(c3ccccc3)c3ccccc3)C[C@@H]12. The Morgan fingerprint density at radius 3 is 2.00 bits per heavy atom. The van der Waals surface area contributed by atoms with Gasteiger partial charge in [-0.15, -0.1) is 0 Å². The summed E-state index contributed by atoms with van der Waals surface area (Å²) < 4.78 is 25.3. The second-order valence-corrected chi connectivity index (χ2v) is 10.3. The Hall–Kier alpha value is -2.18. The van der Waals surface area contributed by atoms with Crippen LogP contribution in [0.2, 0.25) is 0 Å². The van der Waals surface area contributed by atoms with Crippen molar-refractivity contribution >= 4 is 15.7 Å². The lowest BCUT2D eigenvalue weighted by atomic mass is 9.90. The maximum atomic E-state index is 13.6. The van der Waals surface area contributed by atoms with E-state index in [0.29, 0.717) is 13.1 Å². The molecule has 2 aromatic rings. The molecule has 0 aromatic heterocycles. The summed E-state index contributed by atoms with van der Waals surface area (Å²) >= 11 is 0. The summed E-state index contributed by atoms with van der Waals surface area (Å²) in [5.41, 5.74) is 1.87. The Labute approximate surface area is 166 Å². The first-order chi connectivity index (χ1) is 13.4. The quantitative estimate of drug-likeness (QED) is 0.791. The Balaban J connectivity index is 1.66. The monoisotopic (exact) mass is 398 g/mol. The predicted molar refractivity (Wildman–Crippen MR) is 110 cm³/mol. The normalized spacial score (nSPS) is 26.0. The number of carbonyl (C=O) groups excluding carboxylic acids is 1. The van der Waals surface area contributed by atoms with Crippen molar-refractivity contribution < 1.29 is 13.2 Å². The number of benzene rings is 2. The van der Waals surface area contributed by atoms with E-state index in [9.17, 15) is 13.2 Å². The molecule has 2 aromatic carbocycles. The fourth-order valence-electron chi connectivity index (χ4n) is 4.70. The van der Waals surface area contributed by atoms with E-state index in [0.717, 1.165) is 11.1 Å². The molecular weight excluding hydrogens is 372 g/mol. The van der Waals surface area contributed by atoms with Crippen LogP contribution in [0.25, 0.3) is 0 Å². The number of likely N-dealkylation sites (tertiary alicyclic amines) is 1. The molecule has 2 fully saturated rings. The summed E-state index contributed by atoms with van der Waals surface area (Å²) in [7, 11) is 0.666. The molecule has 6 heteroatoms. The summed E-state index contributed by atoms with van der Waals surface area (Å²) in [5, 5.41) is -0.448. The van der Waals surface area contributed by atoms with E-state index in [2.05, 4.69) is 0 Å². The van der Waals surface area contributed by atoms with Gasteiger partial charge >= 0.3 is 0 Å². The molecule has 0 aliphatic carbocycles. The van der Waals surface area contributed by atoms with Crippen LogP contribution >= 0.6 is 0 Å². The zero-order valence-corrected chi connectivity index (χ0v) is 17.0. The van der Waals surface area contributed by atoms with Gasteiger partial charge < -0.3 is 9.80 Å². The summed E-state index contributed by atoms with van der Waals surface area (Å²) in [6.07, 6.45) is 0. The number of sulfone groups is 1. The van der Waals surface area contributed by atoms with Crippen molar-refractivity contribution in [2.45, 2.75) is 17.2 Å². The maximum absolute atomic E-state index is 13.6. The van der Waals surface area contributed by atoms with E-state index < -0.39 is 21.0 Å². The molecule has 3 atom stereocenters. The van der Waals surface area contributed by atoms with Crippen LogP contribution in [-0.4, -0.2) is 68.4 Å². The second kappa shape index (κ2) is 7.33. The molecule has 0 saturated carbocycles. The van der Waals surface area contributed by atoms with E-state index in [1.54, 1.807) is 4.90 Å². The van der Waals surface area contributed by atoms with E-state index >= 15 is 0 Å². The van der Waals surface area contributed by atoms with Crippen molar-refractivity contribution in [1.29, 1.82) is 0 Å². The first-order valence-corrected chi connectivity index (χ1v) is 11.4. The van der Waals surface area contributed by atoms with Crippen LogP contribution in [0.15, 0.2) is 60.7 Å². The van der Waals surface area contributed by atoms with Gasteiger partial charge in [0, 0.05) is 25.0 Å². The average molecular weight is 399 g/mol. The number of hydrogen-bond donors (Lipinski definition) is 0. The zero-order valence-electron chi connectivity index (χ0n) is 16.2. The summed E-state index contributed by atoms with van der Waals surface area (Å²) in [6, 6.07) is 19.4. The zero-order chi connectivity index (χ0) is 19.9. The molecule has 1 amide bonds. The van der Waals surface area contributed by atoms with Crippen LogP contribution in [0.4, 0.5) is 0 Å². The number of carbonyl (C=O) groups is 1. The Morgan fingerprint density at radius 1 is 0.964 bits per heavy atom. The molecular formula is C22H26N2O3S. The lowest BCUT2D eigenvalue weighted by Crippen LogP contribution is -2.40. The molecule has 2 saturated heterocycles. The molecule has 0 spiro atoms. The van der Waals surface area contributed by atoms with Gasteiger partial charge in [-0.25, -0.2) is 8.42 Å². The molecule has 2 heterocycles. The van der Waals surface area contributed by atoms with Crippen LogP contribution in [-0.2, 0) is 14.6 Å². The van der Waals surface area contributed by atoms with Gasteiger partial charge in [-0.1, -0.05) is 60.7 Å². The third-order valence-electron chi connectivity index (χ3n) is 6.16. The molecule has 4 rings (SSSR count). The Morgan fingerprint density at radius 2 is 1.50 bits per heavy atom. The first-order valence-electron chi connectivity index (χ1n) is 9.65. The molecule has 0 unspecified atom stereocenters. The van der Waals surface area contributed by atoms with Crippen LogP contribution in [0.1, 0.15) is 17.0 Å². The molecule has 5 nitrogen and oxygen atoms in total. The smallest absolute Gasteiger partial charge is 0.234 e. The van der Waals surface area contributed by atoms with Gasteiger partial charge in [-0.05, 0) is 25.2 Å². The number of fused-ring (bicyclic) bond motifs is 1. The fraction of sp³-hybridized carbons (Fsp3) is 0.409. The van der Waals surface area contributed by atoms with Crippen LogP contribution in [0.3, 0.4) is 0 Å². The van der Waals surface area contributed by atoms with Gasteiger partial charge in [0.15, 0.2) is 9.84 Å². The number of hydrogen-bond acceptors (Lipinski definition) is 4. The minimum atomic E-state index is -3.17. The lowest BCUT2D eigenvalue weighted by molar-refractivity contribution is -0.131. The van der Waals surface area contributed by atoms with Crippen molar-refractivity contribution in [2.75, 3.05) is 32.9 Å². The van der Waals surface area contributed by atoms with Crippen molar-refractivity contribution in [3.8, 4) is 0 Å². The van der Waals surface area contributed by atoms with E-state index in [1.807, 2.05) is 79.7 Å². The summed E-state index contributed by atoms with van der Waals surface area (Å²) in [5.74, 6) is -0.254. The molecule has 28 heavy (non-hydrogen) atoms. The van der Waals surface area contributed by atoms with Crippen LogP contribution < -0.4 is 0 Å². The highest BCUT2D eigenvalue weighted by Crippen LogP contribution is 2.38. The third kappa shape index (κ3) is 3.35. The standard InChI is InChI=1S/C22H26N2O3S/c1-23(2)19-15-28(26,27)20-14-24(13-18(19)20)22(25)21(16-9-5-3-6-10-16)17-11-7-4-8-12-17/h3-12,18-21H,13-15H2,1-2H3/t18-,19+,20-/m0/s1. The van der Waals surface area contributed by atoms with Crippen molar-refractivity contribution in [3.63, 3.8) is 0 Å². The number of rotatable bonds is 4. The molecule has 0 radical (unpaired) electrons. The topological polar surface area (TPSA) is 57.7 Å². The third-order valence-corrected chi connectivity index (χ3v) is 8.38. The van der Waals surface area contributed by atoms with Crippen LogP contribution in [0.5, 0.6) is 0 Å². The van der Waals surface area contributed by atoms with Gasteiger partial charge in [-0.3, -0.25) is 4.79 Å². The largest absolute Gasteiger partial charge is 0.340 e. The van der Waals surface area contributed by atoms with Gasteiger partial charge in [-0.2, -0.15) is 0 Å². The second-order valence-electron chi connectivity index (χ2n) is 8.06. The van der Waals surface area contributed by atoms with E-state index in [4.69, 9.17) is 0 Å². The highest BCUT2D eigenvalue weighted by atomic mass is 32.2.